The number of nitrogens with two attached hydrogens (primary N) is 1. The molecule has 0 radical (unpaired) electrons. The van der Waals surface area contributed by atoms with Crippen LogP contribution in [0, 0.1) is 0 Å². The predicted molar refractivity (Wildman–Crippen MR) is 77.1 cm³/mol. The van der Waals surface area contributed by atoms with E-state index in [1.807, 2.05) is 6.92 Å². The van der Waals surface area contributed by atoms with E-state index in [0.29, 0.717) is 24.0 Å². The quantitative estimate of drug-likeness (QED) is 0.710. The Morgan fingerprint density at radius 1 is 1.55 bits per heavy atom. The lowest BCUT2D eigenvalue weighted by molar-refractivity contribution is -0.128. The van der Waals surface area contributed by atoms with E-state index in [9.17, 15) is 10.2 Å². The Kier molecular flexibility index (Phi) is 3.63. The number of aromatic nitrogens is 4. The number of ether oxygens (including phenoxy) is 2. The lowest BCUT2D eigenvalue weighted by atomic mass is 9.95. The Morgan fingerprint density at radius 3 is 2.91 bits per heavy atom. The number of anilines is 1. The first kappa shape index (κ1) is 14.9. The molecular formula is C13H19N5O4. The maximum Gasteiger partial charge on any atom is 0.246 e. The van der Waals surface area contributed by atoms with E-state index < -0.39 is 17.9 Å². The summed E-state index contributed by atoms with van der Waals surface area (Å²) in [4.78, 5) is 12.4. The zero-order chi connectivity index (χ0) is 15.9. The van der Waals surface area contributed by atoms with E-state index in [0.717, 1.165) is 0 Å². The van der Waals surface area contributed by atoms with Crippen LogP contribution >= 0.6 is 0 Å². The summed E-state index contributed by atoms with van der Waals surface area (Å²) in [7, 11) is 1.48. The Hall–Kier alpha value is -1.97. The molecular weight excluding hydrogens is 290 g/mol. The minimum absolute atomic E-state index is 0.0635. The van der Waals surface area contributed by atoms with Crippen molar-refractivity contribution in [3.8, 4) is 5.88 Å². The molecule has 120 valence electrons. The summed E-state index contributed by atoms with van der Waals surface area (Å²) >= 11 is 0. The molecule has 1 saturated heterocycles. The van der Waals surface area contributed by atoms with Crippen LogP contribution in [0.4, 0.5) is 5.95 Å². The molecule has 0 saturated carbocycles. The van der Waals surface area contributed by atoms with Crippen LogP contribution in [-0.4, -0.2) is 55.2 Å². The largest absolute Gasteiger partial charge is 0.479 e. The number of methoxy groups -OCH3 is 1. The first-order chi connectivity index (χ1) is 10.5. The lowest BCUT2D eigenvalue weighted by Crippen LogP contribution is -2.42. The SMILES string of the molecule is CC[C@]1(CO)O[C@@H](n2cnc3c(OC)nc(N)nc32)C[C@@H]1O. The van der Waals surface area contributed by atoms with E-state index in [-0.39, 0.29) is 18.4 Å². The number of hydrogen-bond acceptors (Lipinski definition) is 8. The second-order valence-electron chi connectivity index (χ2n) is 5.32. The molecule has 3 atom stereocenters. The third-order valence-electron chi connectivity index (χ3n) is 4.18. The highest BCUT2D eigenvalue weighted by molar-refractivity contribution is 5.77. The minimum atomic E-state index is -0.968. The highest BCUT2D eigenvalue weighted by Crippen LogP contribution is 2.40. The highest BCUT2D eigenvalue weighted by atomic mass is 16.6. The molecule has 3 heterocycles. The van der Waals surface area contributed by atoms with Gasteiger partial charge in [-0.2, -0.15) is 9.97 Å². The smallest absolute Gasteiger partial charge is 0.246 e. The Morgan fingerprint density at radius 2 is 2.32 bits per heavy atom. The van der Waals surface area contributed by atoms with Crippen molar-refractivity contribution < 1.29 is 19.7 Å². The number of fused-ring (bicyclic) bond motifs is 1. The predicted octanol–water partition coefficient (Wildman–Crippen LogP) is -0.162. The van der Waals surface area contributed by atoms with Crippen molar-refractivity contribution in [2.75, 3.05) is 19.5 Å². The Labute approximate surface area is 126 Å². The number of aliphatic hydroxyl groups is 2. The maximum absolute atomic E-state index is 10.2. The lowest BCUT2D eigenvalue weighted by Gasteiger charge is -2.28. The van der Waals surface area contributed by atoms with Crippen LogP contribution in [0.5, 0.6) is 5.88 Å². The van der Waals surface area contributed by atoms with Gasteiger partial charge in [-0.15, -0.1) is 0 Å². The molecule has 1 aliphatic rings. The molecule has 0 aliphatic carbocycles. The van der Waals surface area contributed by atoms with Gasteiger partial charge in [0.25, 0.3) is 0 Å². The topological polar surface area (TPSA) is 129 Å². The molecule has 9 heteroatoms. The van der Waals surface area contributed by atoms with Gasteiger partial charge in [-0.05, 0) is 6.42 Å². The van der Waals surface area contributed by atoms with Crippen LogP contribution < -0.4 is 10.5 Å². The van der Waals surface area contributed by atoms with Crippen LogP contribution in [0.2, 0.25) is 0 Å². The normalized spacial score (nSPS) is 28.4. The summed E-state index contributed by atoms with van der Waals surface area (Å²) in [6, 6.07) is 0. The van der Waals surface area contributed by atoms with Crippen molar-refractivity contribution in [2.24, 2.45) is 0 Å². The molecule has 1 fully saturated rings. The van der Waals surface area contributed by atoms with Crippen molar-refractivity contribution in [1.29, 1.82) is 0 Å². The molecule has 2 aromatic heterocycles. The molecule has 0 spiro atoms. The van der Waals surface area contributed by atoms with Crippen LogP contribution in [0.3, 0.4) is 0 Å². The molecule has 22 heavy (non-hydrogen) atoms. The molecule has 3 rings (SSSR count). The number of rotatable bonds is 4. The third kappa shape index (κ3) is 2.09. The van der Waals surface area contributed by atoms with Crippen molar-refractivity contribution in [1.82, 2.24) is 19.5 Å². The summed E-state index contributed by atoms with van der Waals surface area (Å²) in [5.41, 5.74) is 5.65. The highest BCUT2D eigenvalue weighted by Gasteiger charge is 2.47. The average Bonchev–Trinajstić information content (AvgIpc) is 3.07. The van der Waals surface area contributed by atoms with Gasteiger partial charge in [0.15, 0.2) is 11.2 Å². The van der Waals surface area contributed by atoms with Crippen molar-refractivity contribution in [2.45, 2.75) is 37.7 Å². The van der Waals surface area contributed by atoms with Gasteiger partial charge in [-0.3, -0.25) is 4.57 Å². The van der Waals surface area contributed by atoms with Gasteiger partial charge in [0.1, 0.15) is 11.8 Å². The zero-order valence-corrected chi connectivity index (χ0v) is 12.4. The summed E-state index contributed by atoms with van der Waals surface area (Å²) in [5, 5.41) is 19.8. The van der Waals surface area contributed by atoms with E-state index >= 15 is 0 Å². The van der Waals surface area contributed by atoms with E-state index in [1.165, 1.54) is 7.11 Å². The summed E-state index contributed by atoms with van der Waals surface area (Å²) in [6.07, 6.45) is 1.10. The monoisotopic (exact) mass is 309 g/mol. The fourth-order valence-corrected chi connectivity index (χ4v) is 2.81. The van der Waals surface area contributed by atoms with Crippen LogP contribution in [0.25, 0.3) is 11.2 Å². The zero-order valence-electron chi connectivity index (χ0n) is 12.4. The number of imidazole rings is 1. The van der Waals surface area contributed by atoms with Crippen LogP contribution in [0.1, 0.15) is 26.0 Å². The molecule has 2 aromatic rings. The third-order valence-corrected chi connectivity index (χ3v) is 4.18. The standard InChI is InChI=1S/C13H19N5O4/c1-3-13(5-19)7(20)4-8(22-13)18-6-15-9-10(18)16-12(14)17-11(9)21-2/h6-8,19-20H,3-5H2,1-2H3,(H2,14,16,17)/t7-,8+,13+/m0/s1. The fourth-order valence-electron chi connectivity index (χ4n) is 2.81. The molecule has 0 amide bonds. The van der Waals surface area contributed by atoms with Gasteiger partial charge in [0.2, 0.25) is 11.8 Å². The molecule has 1 aliphatic heterocycles. The Balaban J connectivity index is 2.03. The summed E-state index contributed by atoms with van der Waals surface area (Å²) in [6.45, 7) is 1.60. The number of aliphatic hydroxyl groups excluding tert-OH is 2. The molecule has 0 aromatic carbocycles. The number of hydrogen-bond donors (Lipinski definition) is 3. The minimum Gasteiger partial charge on any atom is -0.479 e. The van der Waals surface area contributed by atoms with Crippen molar-refractivity contribution in [3.05, 3.63) is 6.33 Å². The van der Waals surface area contributed by atoms with Crippen molar-refractivity contribution in [3.63, 3.8) is 0 Å². The first-order valence-corrected chi connectivity index (χ1v) is 7.05. The van der Waals surface area contributed by atoms with Crippen LogP contribution in [-0.2, 0) is 4.74 Å². The number of nitrogens with zero attached hydrogens (tertiary/aromatic N) is 4. The van der Waals surface area contributed by atoms with Gasteiger partial charge in [-0.1, -0.05) is 6.92 Å². The Bertz CT molecular complexity index is 684. The van der Waals surface area contributed by atoms with Gasteiger partial charge >= 0.3 is 0 Å². The molecule has 0 unspecified atom stereocenters. The van der Waals surface area contributed by atoms with Gasteiger partial charge in [-0.25, -0.2) is 4.98 Å². The maximum atomic E-state index is 10.2. The van der Waals surface area contributed by atoms with Gasteiger partial charge < -0.3 is 25.4 Å². The second-order valence-corrected chi connectivity index (χ2v) is 5.32. The first-order valence-electron chi connectivity index (χ1n) is 7.05. The van der Waals surface area contributed by atoms with E-state index in [1.54, 1.807) is 10.9 Å². The summed E-state index contributed by atoms with van der Waals surface area (Å²) in [5.74, 6) is 0.345. The second kappa shape index (κ2) is 5.34. The average molecular weight is 309 g/mol. The van der Waals surface area contributed by atoms with Gasteiger partial charge in [0.05, 0.1) is 26.1 Å². The molecule has 0 bridgehead atoms. The molecule has 4 N–H and O–H groups in total. The number of nitrogen functional groups attached to an aromatic ring is 1. The van der Waals surface area contributed by atoms with Crippen molar-refractivity contribution >= 4 is 17.1 Å². The van der Waals surface area contributed by atoms with E-state index in [4.69, 9.17) is 15.2 Å². The van der Waals surface area contributed by atoms with Gasteiger partial charge in [0, 0.05) is 6.42 Å². The fraction of sp³-hybridized carbons (Fsp3) is 0.615. The molecule has 9 nitrogen and oxygen atoms in total. The van der Waals surface area contributed by atoms with Crippen LogP contribution in [0.15, 0.2) is 6.33 Å². The van der Waals surface area contributed by atoms with E-state index in [2.05, 4.69) is 15.0 Å². The summed E-state index contributed by atoms with van der Waals surface area (Å²) < 4.78 is 12.7.